The highest BCUT2D eigenvalue weighted by Crippen LogP contribution is 2.14. The SMILES string of the molecule is CC(C)(C)OC(=O)NC(Cc1ccccc1)CC(O)CCc1ccccc1. The Kier molecular flexibility index (Phi) is 7.86. The van der Waals surface area contributed by atoms with Crippen molar-refractivity contribution in [3.05, 3.63) is 71.8 Å². The van der Waals surface area contributed by atoms with Crippen LogP contribution < -0.4 is 5.32 Å². The zero-order chi connectivity index (χ0) is 19.7. The monoisotopic (exact) mass is 369 g/mol. The Morgan fingerprint density at radius 1 is 1.00 bits per heavy atom. The van der Waals surface area contributed by atoms with E-state index in [1.54, 1.807) is 0 Å². The van der Waals surface area contributed by atoms with Gasteiger partial charge in [0.15, 0.2) is 0 Å². The lowest BCUT2D eigenvalue weighted by Gasteiger charge is -2.25. The third kappa shape index (κ3) is 8.74. The van der Waals surface area contributed by atoms with Gasteiger partial charge in [-0.05, 0) is 57.6 Å². The van der Waals surface area contributed by atoms with Crippen molar-refractivity contribution in [1.29, 1.82) is 0 Å². The number of hydrogen-bond acceptors (Lipinski definition) is 3. The molecule has 0 heterocycles. The number of benzene rings is 2. The number of amides is 1. The molecule has 2 rings (SSSR count). The highest BCUT2D eigenvalue weighted by atomic mass is 16.6. The van der Waals surface area contributed by atoms with Crippen LogP contribution in [0.5, 0.6) is 0 Å². The summed E-state index contributed by atoms with van der Waals surface area (Å²) in [6.07, 6.45) is 1.67. The lowest BCUT2D eigenvalue weighted by atomic mass is 9.97. The largest absolute Gasteiger partial charge is 0.444 e. The van der Waals surface area contributed by atoms with Crippen LogP contribution in [0, 0.1) is 0 Å². The molecule has 0 fully saturated rings. The number of aliphatic hydroxyl groups is 1. The number of rotatable bonds is 8. The molecular weight excluding hydrogens is 338 g/mol. The second-order valence-electron chi connectivity index (χ2n) is 7.95. The fraction of sp³-hybridized carbons (Fsp3) is 0.435. The lowest BCUT2D eigenvalue weighted by Crippen LogP contribution is -2.42. The van der Waals surface area contributed by atoms with Gasteiger partial charge >= 0.3 is 6.09 Å². The van der Waals surface area contributed by atoms with Gasteiger partial charge < -0.3 is 15.2 Å². The molecule has 1 amide bonds. The number of aliphatic hydroxyl groups excluding tert-OH is 1. The van der Waals surface area contributed by atoms with Crippen molar-refractivity contribution in [3.63, 3.8) is 0 Å². The first-order valence-electron chi connectivity index (χ1n) is 9.57. The molecule has 0 aromatic heterocycles. The van der Waals surface area contributed by atoms with Gasteiger partial charge in [0.05, 0.1) is 6.10 Å². The molecule has 2 atom stereocenters. The Balaban J connectivity index is 1.94. The van der Waals surface area contributed by atoms with Crippen LogP contribution in [0.2, 0.25) is 0 Å². The first kappa shape index (κ1) is 21.0. The molecular formula is C23H31NO3. The van der Waals surface area contributed by atoms with Crippen molar-refractivity contribution in [3.8, 4) is 0 Å². The van der Waals surface area contributed by atoms with Crippen LogP contribution in [0.25, 0.3) is 0 Å². The molecule has 0 aliphatic carbocycles. The molecule has 4 nitrogen and oxygen atoms in total. The number of aryl methyl sites for hydroxylation is 1. The van der Waals surface area contributed by atoms with E-state index in [0.29, 0.717) is 19.3 Å². The summed E-state index contributed by atoms with van der Waals surface area (Å²) in [6.45, 7) is 5.52. The van der Waals surface area contributed by atoms with Gasteiger partial charge in [0.2, 0.25) is 0 Å². The van der Waals surface area contributed by atoms with Crippen LogP contribution in [0.15, 0.2) is 60.7 Å². The van der Waals surface area contributed by atoms with Gasteiger partial charge in [-0.2, -0.15) is 0 Å². The number of hydrogen-bond donors (Lipinski definition) is 2. The van der Waals surface area contributed by atoms with E-state index in [1.165, 1.54) is 5.56 Å². The maximum Gasteiger partial charge on any atom is 0.407 e. The molecule has 27 heavy (non-hydrogen) atoms. The van der Waals surface area contributed by atoms with Crippen molar-refractivity contribution in [2.24, 2.45) is 0 Å². The fourth-order valence-electron chi connectivity index (χ4n) is 2.99. The highest BCUT2D eigenvalue weighted by Gasteiger charge is 2.22. The summed E-state index contributed by atoms with van der Waals surface area (Å²) in [4.78, 5) is 12.2. The van der Waals surface area contributed by atoms with E-state index in [1.807, 2.05) is 69.3 Å². The molecule has 2 unspecified atom stereocenters. The zero-order valence-electron chi connectivity index (χ0n) is 16.5. The van der Waals surface area contributed by atoms with Crippen LogP contribution >= 0.6 is 0 Å². The average molecular weight is 370 g/mol. The van der Waals surface area contributed by atoms with Gasteiger partial charge in [-0.15, -0.1) is 0 Å². The van der Waals surface area contributed by atoms with Gasteiger partial charge in [0.25, 0.3) is 0 Å². The van der Waals surface area contributed by atoms with E-state index in [9.17, 15) is 9.90 Å². The van der Waals surface area contributed by atoms with Crippen molar-refractivity contribution in [2.75, 3.05) is 0 Å². The minimum atomic E-state index is -0.548. The first-order chi connectivity index (χ1) is 12.8. The van der Waals surface area contributed by atoms with Crippen LogP contribution in [0.4, 0.5) is 4.79 Å². The summed E-state index contributed by atoms with van der Waals surface area (Å²) in [7, 11) is 0. The molecule has 0 saturated heterocycles. The number of alkyl carbamates (subject to hydrolysis) is 1. The van der Waals surface area contributed by atoms with Gasteiger partial charge in [0, 0.05) is 6.04 Å². The van der Waals surface area contributed by atoms with Gasteiger partial charge in [0.1, 0.15) is 5.60 Å². The quantitative estimate of drug-likeness (QED) is 0.720. The number of nitrogens with one attached hydrogen (secondary N) is 1. The van der Waals surface area contributed by atoms with E-state index in [0.717, 1.165) is 12.0 Å². The van der Waals surface area contributed by atoms with E-state index >= 15 is 0 Å². The van der Waals surface area contributed by atoms with Gasteiger partial charge in [-0.3, -0.25) is 0 Å². The predicted octanol–water partition coefficient (Wildman–Crippen LogP) is 4.51. The van der Waals surface area contributed by atoms with E-state index in [2.05, 4.69) is 17.4 Å². The maximum absolute atomic E-state index is 12.2. The van der Waals surface area contributed by atoms with Gasteiger partial charge in [-0.1, -0.05) is 60.7 Å². The summed E-state index contributed by atoms with van der Waals surface area (Å²) in [5.74, 6) is 0. The van der Waals surface area contributed by atoms with Crippen molar-refractivity contribution in [2.45, 2.75) is 64.2 Å². The minimum absolute atomic E-state index is 0.187. The van der Waals surface area contributed by atoms with Crippen molar-refractivity contribution in [1.82, 2.24) is 5.32 Å². The predicted molar refractivity (Wildman–Crippen MR) is 109 cm³/mol. The lowest BCUT2D eigenvalue weighted by molar-refractivity contribution is 0.0481. The molecule has 2 aromatic rings. The third-order valence-corrected chi connectivity index (χ3v) is 4.21. The molecule has 146 valence electrons. The van der Waals surface area contributed by atoms with E-state index < -0.39 is 17.8 Å². The summed E-state index contributed by atoms with van der Waals surface area (Å²) in [6, 6.07) is 19.9. The smallest absolute Gasteiger partial charge is 0.407 e. The zero-order valence-corrected chi connectivity index (χ0v) is 16.5. The number of carbonyl (C=O) groups is 1. The molecule has 4 heteroatoms. The van der Waals surface area contributed by atoms with Crippen LogP contribution in [-0.4, -0.2) is 28.9 Å². The topological polar surface area (TPSA) is 58.6 Å². The molecule has 0 radical (unpaired) electrons. The Morgan fingerprint density at radius 2 is 1.56 bits per heavy atom. The van der Waals surface area contributed by atoms with Crippen LogP contribution in [0.1, 0.15) is 44.7 Å². The summed E-state index contributed by atoms with van der Waals surface area (Å²) in [5.41, 5.74) is 1.78. The molecule has 2 N–H and O–H groups in total. The molecule has 0 spiro atoms. The summed E-state index contributed by atoms with van der Waals surface area (Å²) >= 11 is 0. The third-order valence-electron chi connectivity index (χ3n) is 4.21. The maximum atomic E-state index is 12.2. The molecule has 0 saturated carbocycles. The molecule has 2 aromatic carbocycles. The van der Waals surface area contributed by atoms with Crippen molar-refractivity contribution < 1.29 is 14.6 Å². The summed E-state index contributed by atoms with van der Waals surface area (Å²) in [5, 5.41) is 13.4. The minimum Gasteiger partial charge on any atom is -0.444 e. The first-order valence-corrected chi connectivity index (χ1v) is 9.57. The normalized spacial score (nSPS) is 13.6. The number of carbonyl (C=O) groups excluding carboxylic acids is 1. The van der Waals surface area contributed by atoms with Crippen molar-refractivity contribution >= 4 is 6.09 Å². The van der Waals surface area contributed by atoms with Crippen LogP contribution in [-0.2, 0) is 17.6 Å². The second kappa shape index (κ2) is 10.1. The summed E-state index contributed by atoms with van der Waals surface area (Å²) < 4.78 is 5.39. The van der Waals surface area contributed by atoms with Crippen LogP contribution in [0.3, 0.4) is 0 Å². The Labute approximate surface area is 162 Å². The molecule has 0 aliphatic rings. The Hall–Kier alpha value is -2.33. The van der Waals surface area contributed by atoms with E-state index in [4.69, 9.17) is 4.74 Å². The number of ether oxygens (including phenoxy) is 1. The molecule has 0 aliphatic heterocycles. The second-order valence-corrected chi connectivity index (χ2v) is 7.95. The van der Waals surface area contributed by atoms with E-state index in [-0.39, 0.29) is 6.04 Å². The Bertz CT molecular complexity index is 680. The molecule has 0 bridgehead atoms. The fourth-order valence-corrected chi connectivity index (χ4v) is 2.99. The van der Waals surface area contributed by atoms with Gasteiger partial charge in [-0.25, -0.2) is 4.79 Å². The Morgan fingerprint density at radius 3 is 2.11 bits per heavy atom. The average Bonchev–Trinajstić information content (AvgIpc) is 2.60. The highest BCUT2D eigenvalue weighted by molar-refractivity contribution is 5.68. The standard InChI is InChI=1S/C23H31NO3/c1-23(2,3)27-22(26)24-20(16-19-12-8-5-9-13-19)17-21(25)15-14-18-10-6-4-7-11-18/h4-13,20-21,25H,14-17H2,1-3H3,(H,24,26).